The van der Waals surface area contributed by atoms with Crippen LogP contribution in [0.5, 0.6) is 0 Å². The highest BCUT2D eigenvalue weighted by molar-refractivity contribution is 6.11. The smallest absolute Gasteiger partial charge is 0.0547 e. The Morgan fingerprint density at radius 1 is 0.294 bits per heavy atom. The van der Waals surface area contributed by atoms with Gasteiger partial charge in [-0.2, -0.15) is 0 Å². The van der Waals surface area contributed by atoms with Crippen molar-refractivity contribution < 1.29 is 0 Å². The molecule has 0 atom stereocenters. The zero-order chi connectivity index (χ0) is 58.1. The van der Waals surface area contributed by atoms with Crippen molar-refractivity contribution in [2.75, 3.05) is 4.90 Å². The minimum absolute atomic E-state index is 1.03. The van der Waals surface area contributed by atoms with Crippen molar-refractivity contribution in [3.05, 3.63) is 277 Å². The Morgan fingerprint density at radius 2 is 0.718 bits per heavy atom. The highest BCUT2D eigenvalue weighted by Gasteiger charge is 2.20. The second kappa shape index (κ2) is 26.3. The predicted molar refractivity (Wildman–Crippen MR) is 367 cm³/mol. The fourth-order valence-corrected chi connectivity index (χ4v) is 12.7. The minimum Gasteiger partial charge on any atom is -0.311 e. The highest BCUT2D eigenvalue weighted by atomic mass is 15.1. The second-order valence-electron chi connectivity index (χ2n) is 23.7. The molecule has 85 heavy (non-hydrogen) atoms. The lowest BCUT2D eigenvalue weighted by atomic mass is 9.86. The molecule has 0 fully saturated rings. The fraction of sp³-hybridized carbons (Fsp3) is 0.205. The topological polar surface area (TPSA) is 8.17 Å². The molecule has 0 unspecified atom stereocenters. The number of anilines is 3. The number of unbranched alkanes of at least 4 members (excludes halogenated alkanes) is 6. The molecule has 0 saturated carbocycles. The molecule has 0 saturated heterocycles. The fourth-order valence-electron chi connectivity index (χ4n) is 12.7. The van der Waals surface area contributed by atoms with Crippen LogP contribution in [0.3, 0.4) is 0 Å². The third-order valence-electron chi connectivity index (χ3n) is 17.5. The van der Waals surface area contributed by atoms with E-state index in [1.54, 1.807) is 0 Å². The van der Waals surface area contributed by atoms with Crippen LogP contribution in [0.2, 0.25) is 0 Å². The zero-order valence-electron chi connectivity index (χ0n) is 50.6. The van der Waals surface area contributed by atoms with E-state index in [1.807, 2.05) is 0 Å². The molecule has 0 spiro atoms. The molecular weight excluding hydrogens is 1020 g/mol. The van der Waals surface area contributed by atoms with Crippen LogP contribution >= 0.6 is 0 Å². The van der Waals surface area contributed by atoms with Crippen LogP contribution in [0.4, 0.5) is 17.1 Å². The number of nitrogens with zero attached hydrogens (tertiary/aromatic N) is 2. The average molecular weight is 1110 g/mol. The Balaban J connectivity index is 0.957. The highest BCUT2D eigenvalue weighted by Crippen LogP contribution is 2.43. The van der Waals surface area contributed by atoms with Crippen molar-refractivity contribution in [1.82, 2.24) is 4.57 Å². The van der Waals surface area contributed by atoms with Crippen LogP contribution in [0.15, 0.2) is 249 Å². The Hall–Kier alpha value is -8.98. The molecular formula is C83H80N2. The first-order valence-electron chi connectivity index (χ1n) is 31.6. The van der Waals surface area contributed by atoms with Crippen LogP contribution in [0, 0.1) is 13.8 Å². The number of fused-ring (bicyclic) bond motifs is 3. The van der Waals surface area contributed by atoms with Gasteiger partial charge in [0.2, 0.25) is 0 Å². The normalized spacial score (nSPS) is 11.4. The van der Waals surface area contributed by atoms with E-state index >= 15 is 0 Å². The SMILES string of the molecule is CCCCCCc1cc(-c2ccc3c4cc(-c5ccccc5)ccc4n(-c4ccc(-c5ccc(C)cc5)cc4)c3c2)c(CCCCCC)cc1-c1ccc(N(c2ccc(-c3ccc(C)cc3)cc2)c2ccc(-c3ccc(CCC)cc3)cc2)cc1. The van der Waals surface area contributed by atoms with Crippen LogP contribution in [-0.2, 0) is 19.3 Å². The predicted octanol–water partition coefficient (Wildman–Crippen LogP) is 24.1. The van der Waals surface area contributed by atoms with Crippen LogP contribution < -0.4 is 4.90 Å². The summed E-state index contributed by atoms with van der Waals surface area (Å²) in [4.78, 5) is 2.42. The van der Waals surface area contributed by atoms with Gasteiger partial charge in [-0.15, -0.1) is 0 Å². The third kappa shape index (κ3) is 12.6. The summed E-state index contributed by atoms with van der Waals surface area (Å²) >= 11 is 0. The summed E-state index contributed by atoms with van der Waals surface area (Å²) in [6.07, 6.45) is 14.0. The van der Waals surface area contributed by atoms with Crippen molar-refractivity contribution in [3.8, 4) is 72.4 Å². The molecule has 2 nitrogen and oxygen atoms in total. The first-order valence-corrected chi connectivity index (χ1v) is 31.6. The number of benzene rings is 11. The molecule has 0 radical (unpaired) electrons. The molecule has 0 bridgehead atoms. The lowest BCUT2D eigenvalue weighted by Gasteiger charge is -2.26. The molecule has 12 rings (SSSR count). The molecule has 0 aliphatic heterocycles. The van der Waals surface area contributed by atoms with Gasteiger partial charge in [0.05, 0.1) is 11.0 Å². The number of rotatable bonds is 22. The molecule has 0 amide bonds. The van der Waals surface area contributed by atoms with Gasteiger partial charge >= 0.3 is 0 Å². The van der Waals surface area contributed by atoms with Crippen molar-refractivity contribution in [3.63, 3.8) is 0 Å². The van der Waals surface area contributed by atoms with E-state index in [0.29, 0.717) is 0 Å². The summed E-state index contributed by atoms with van der Waals surface area (Å²) in [5.41, 5.74) is 28.9. The minimum atomic E-state index is 1.03. The summed E-state index contributed by atoms with van der Waals surface area (Å²) in [5.74, 6) is 0. The van der Waals surface area contributed by atoms with Crippen molar-refractivity contribution in [1.29, 1.82) is 0 Å². The average Bonchev–Trinajstić information content (AvgIpc) is 2.47. The zero-order valence-corrected chi connectivity index (χ0v) is 50.6. The van der Waals surface area contributed by atoms with Gasteiger partial charge in [-0.1, -0.05) is 259 Å². The van der Waals surface area contributed by atoms with Crippen LogP contribution in [0.25, 0.3) is 94.3 Å². The Kier molecular flexibility index (Phi) is 17.5. The molecule has 1 heterocycles. The lowest BCUT2D eigenvalue weighted by Crippen LogP contribution is -2.10. The number of hydrogen-bond donors (Lipinski definition) is 0. The van der Waals surface area contributed by atoms with Crippen LogP contribution in [0.1, 0.15) is 106 Å². The van der Waals surface area contributed by atoms with E-state index in [1.165, 1.54) is 161 Å². The van der Waals surface area contributed by atoms with Crippen molar-refractivity contribution in [2.24, 2.45) is 0 Å². The van der Waals surface area contributed by atoms with Gasteiger partial charge in [0.15, 0.2) is 0 Å². The van der Waals surface area contributed by atoms with E-state index in [2.05, 4.69) is 293 Å². The van der Waals surface area contributed by atoms with Gasteiger partial charge in [-0.3, -0.25) is 0 Å². The number of aryl methyl sites for hydroxylation is 5. The number of aromatic nitrogens is 1. The monoisotopic (exact) mass is 1100 g/mol. The second-order valence-corrected chi connectivity index (χ2v) is 23.7. The molecule has 2 heteroatoms. The maximum Gasteiger partial charge on any atom is 0.0547 e. The van der Waals surface area contributed by atoms with Gasteiger partial charge in [-0.05, 0) is 196 Å². The van der Waals surface area contributed by atoms with E-state index in [9.17, 15) is 0 Å². The molecule has 0 aliphatic carbocycles. The van der Waals surface area contributed by atoms with Crippen molar-refractivity contribution >= 4 is 38.9 Å². The largest absolute Gasteiger partial charge is 0.311 e. The van der Waals surface area contributed by atoms with Gasteiger partial charge in [-0.25, -0.2) is 0 Å². The Bertz CT molecular complexity index is 4150. The van der Waals surface area contributed by atoms with E-state index < -0.39 is 0 Å². The Labute approximate surface area is 506 Å². The summed E-state index contributed by atoms with van der Waals surface area (Å²) in [6.45, 7) is 11.2. The van der Waals surface area contributed by atoms with E-state index in [-0.39, 0.29) is 0 Å². The molecule has 0 N–H and O–H groups in total. The van der Waals surface area contributed by atoms with Gasteiger partial charge in [0.1, 0.15) is 0 Å². The summed E-state index contributed by atoms with van der Waals surface area (Å²) in [7, 11) is 0. The number of hydrogen-bond acceptors (Lipinski definition) is 1. The van der Waals surface area contributed by atoms with Gasteiger partial charge in [0, 0.05) is 33.5 Å². The molecule has 422 valence electrons. The van der Waals surface area contributed by atoms with Gasteiger partial charge < -0.3 is 9.47 Å². The molecule has 11 aromatic carbocycles. The first kappa shape index (κ1) is 56.5. The third-order valence-corrected chi connectivity index (χ3v) is 17.5. The quantitative estimate of drug-likeness (QED) is 0.0614. The molecule has 0 aliphatic rings. The maximum atomic E-state index is 2.60. The van der Waals surface area contributed by atoms with Crippen LogP contribution in [-0.4, -0.2) is 4.57 Å². The molecule has 12 aromatic rings. The summed E-state index contributed by atoms with van der Waals surface area (Å²) in [6, 6.07) is 94.1. The van der Waals surface area contributed by atoms with Gasteiger partial charge in [0.25, 0.3) is 0 Å². The first-order chi connectivity index (χ1) is 41.8. The molecule has 1 aromatic heterocycles. The summed E-state index contributed by atoms with van der Waals surface area (Å²) in [5, 5.41) is 2.54. The Morgan fingerprint density at radius 3 is 1.21 bits per heavy atom. The summed E-state index contributed by atoms with van der Waals surface area (Å²) < 4.78 is 2.51. The lowest BCUT2D eigenvalue weighted by molar-refractivity contribution is 0.664. The maximum absolute atomic E-state index is 2.60. The van der Waals surface area contributed by atoms with Crippen molar-refractivity contribution in [2.45, 2.75) is 112 Å². The standard InChI is InChI=1S/C83H80N2/c1-6-9-11-14-21-71-57-80(73-43-53-78-81-55-70(62-19-16-13-17-20-62)44-54-82(81)85(83(78)58-73)77-49-39-67(40-50-77)64-31-25-60(5)26-32-64)72(22-15-12-10-7-2)56-79(71)69-41-51-76(52-42-69)84(74-45-35-66(36-46-74)63-29-23-59(4)24-30-63)75-47-37-68(38-48-75)65-33-27-61(18-8-3)28-34-65/h13,16-17,19-20,23-58H,6-12,14-15,18,21-22H2,1-5H3. The van der Waals surface area contributed by atoms with E-state index in [4.69, 9.17) is 0 Å². The van der Waals surface area contributed by atoms with E-state index in [0.717, 1.165) is 55.6 Å².